The number of hydrogen-bond donors (Lipinski definition) is 1. The van der Waals surface area contributed by atoms with Gasteiger partial charge in [-0.05, 0) is 31.2 Å². The van der Waals surface area contributed by atoms with Gasteiger partial charge in [0, 0.05) is 24.6 Å². The minimum absolute atomic E-state index is 0.491. The fourth-order valence-corrected chi connectivity index (χ4v) is 3.31. The first kappa shape index (κ1) is 13.1. The molecule has 1 heterocycles. The molecule has 19 heavy (non-hydrogen) atoms. The predicted octanol–water partition coefficient (Wildman–Crippen LogP) is 3.48. The Morgan fingerprint density at radius 3 is 2.84 bits per heavy atom. The minimum Gasteiger partial charge on any atom is -0.378 e. The Labute approximate surface area is 116 Å². The molecule has 0 amide bonds. The van der Waals surface area contributed by atoms with Gasteiger partial charge in [-0.15, -0.1) is 0 Å². The van der Waals surface area contributed by atoms with Gasteiger partial charge in [0.05, 0.1) is 6.10 Å². The first-order valence-corrected chi connectivity index (χ1v) is 7.79. The van der Waals surface area contributed by atoms with Crippen LogP contribution in [0.5, 0.6) is 0 Å². The highest BCUT2D eigenvalue weighted by molar-refractivity contribution is 5.27. The fourth-order valence-electron chi connectivity index (χ4n) is 3.31. The zero-order valence-corrected chi connectivity index (χ0v) is 11.8. The molecule has 104 valence electrons. The molecule has 4 unspecified atom stereocenters. The van der Waals surface area contributed by atoms with Crippen molar-refractivity contribution in [2.24, 2.45) is 0 Å². The topological polar surface area (TPSA) is 21.3 Å². The molecule has 1 aliphatic carbocycles. The molecular weight excluding hydrogens is 234 g/mol. The normalized spacial score (nSPS) is 34.2. The minimum atomic E-state index is 0.491. The largest absolute Gasteiger partial charge is 0.378 e. The Morgan fingerprint density at radius 1 is 1.21 bits per heavy atom. The number of benzene rings is 1. The highest BCUT2D eigenvalue weighted by Gasteiger charge is 2.39. The van der Waals surface area contributed by atoms with Gasteiger partial charge >= 0.3 is 0 Å². The van der Waals surface area contributed by atoms with E-state index >= 15 is 0 Å². The maximum atomic E-state index is 5.82. The second-order valence-corrected chi connectivity index (χ2v) is 6.03. The van der Waals surface area contributed by atoms with E-state index in [-0.39, 0.29) is 0 Å². The Bertz CT molecular complexity index is 390. The zero-order valence-electron chi connectivity index (χ0n) is 11.8. The lowest BCUT2D eigenvalue weighted by Crippen LogP contribution is -2.40. The summed E-state index contributed by atoms with van der Waals surface area (Å²) >= 11 is 0. The summed E-state index contributed by atoms with van der Waals surface area (Å²) in [6.45, 7) is 3.18. The Balaban J connectivity index is 1.48. The molecule has 4 atom stereocenters. The van der Waals surface area contributed by atoms with Gasteiger partial charge in [0.1, 0.15) is 0 Å². The average Bonchev–Trinajstić information content (AvgIpc) is 3.20. The molecule has 1 N–H and O–H groups in total. The van der Waals surface area contributed by atoms with Gasteiger partial charge < -0.3 is 10.1 Å². The van der Waals surface area contributed by atoms with Gasteiger partial charge in [-0.2, -0.15) is 0 Å². The van der Waals surface area contributed by atoms with E-state index in [4.69, 9.17) is 4.74 Å². The van der Waals surface area contributed by atoms with Crippen molar-refractivity contribution in [1.29, 1.82) is 0 Å². The monoisotopic (exact) mass is 259 g/mol. The van der Waals surface area contributed by atoms with Crippen LogP contribution in [0.2, 0.25) is 0 Å². The van der Waals surface area contributed by atoms with Crippen molar-refractivity contribution in [2.45, 2.75) is 63.1 Å². The summed E-state index contributed by atoms with van der Waals surface area (Å²) in [6.07, 6.45) is 6.62. The van der Waals surface area contributed by atoms with Crippen LogP contribution in [0.3, 0.4) is 0 Å². The van der Waals surface area contributed by atoms with Crippen LogP contribution in [-0.4, -0.2) is 24.8 Å². The van der Waals surface area contributed by atoms with Crippen LogP contribution in [0.15, 0.2) is 30.3 Å². The third kappa shape index (κ3) is 3.37. The molecule has 2 nitrogen and oxygen atoms in total. The van der Waals surface area contributed by atoms with Crippen LogP contribution in [0.25, 0.3) is 0 Å². The molecule has 2 aliphatic rings. The Hall–Kier alpha value is -0.860. The maximum Gasteiger partial charge on any atom is 0.0589 e. The molecule has 1 aromatic carbocycles. The van der Waals surface area contributed by atoms with Crippen molar-refractivity contribution >= 4 is 0 Å². The lowest BCUT2D eigenvalue weighted by molar-refractivity contribution is -0.00350. The number of hydrogen-bond acceptors (Lipinski definition) is 2. The van der Waals surface area contributed by atoms with E-state index in [1.54, 1.807) is 0 Å². The van der Waals surface area contributed by atoms with Gasteiger partial charge in [-0.25, -0.2) is 0 Å². The van der Waals surface area contributed by atoms with Crippen LogP contribution in [-0.2, 0) is 4.74 Å². The Morgan fingerprint density at radius 2 is 2.05 bits per heavy atom. The van der Waals surface area contributed by atoms with Crippen molar-refractivity contribution in [3.8, 4) is 0 Å². The lowest BCUT2D eigenvalue weighted by atomic mass is 10.00. The first-order valence-electron chi connectivity index (χ1n) is 7.79. The summed E-state index contributed by atoms with van der Waals surface area (Å²) in [6, 6.07) is 12.3. The fraction of sp³-hybridized carbons (Fsp3) is 0.647. The Kier molecular flexibility index (Phi) is 4.19. The van der Waals surface area contributed by atoms with Crippen LogP contribution in [0.4, 0.5) is 0 Å². The average molecular weight is 259 g/mol. The first-order chi connectivity index (χ1) is 9.36. The predicted molar refractivity (Wildman–Crippen MR) is 78.4 cm³/mol. The quantitative estimate of drug-likeness (QED) is 0.874. The number of nitrogens with one attached hydrogen (secondary N) is 1. The van der Waals surface area contributed by atoms with Crippen LogP contribution >= 0.6 is 0 Å². The van der Waals surface area contributed by atoms with Crippen LogP contribution in [0.1, 0.15) is 50.5 Å². The van der Waals surface area contributed by atoms with Gasteiger partial charge in [0.25, 0.3) is 0 Å². The summed E-state index contributed by atoms with van der Waals surface area (Å²) < 4.78 is 5.82. The van der Waals surface area contributed by atoms with Crippen molar-refractivity contribution in [3.63, 3.8) is 0 Å². The molecule has 0 radical (unpaired) electrons. The van der Waals surface area contributed by atoms with Crippen LogP contribution in [0, 0.1) is 0 Å². The summed E-state index contributed by atoms with van der Waals surface area (Å²) in [4.78, 5) is 0. The molecule has 0 aromatic heterocycles. The molecule has 1 saturated heterocycles. The molecule has 2 heteroatoms. The van der Waals surface area contributed by atoms with Crippen molar-refractivity contribution < 1.29 is 4.74 Å². The molecule has 1 aliphatic heterocycles. The number of ether oxygens (including phenoxy) is 1. The standard InChI is InChI=1S/C17H25NO/c1-2-6-15-11-14(9-10-19-15)18-17-12-16(17)13-7-4-3-5-8-13/h3-5,7-8,14-18H,2,6,9-12H2,1H3. The van der Waals surface area contributed by atoms with E-state index in [0.29, 0.717) is 18.2 Å². The van der Waals surface area contributed by atoms with Gasteiger partial charge in [-0.1, -0.05) is 43.7 Å². The van der Waals surface area contributed by atoms with E-state index in [1.807, 2.05) is 0 Å². The summed E-state index contributed by atoms with van der Waals surface area (Å²) in [7, 11) is 0. The molecule has 0 spiro atoms. The summed E-state index contributed by atoms with van der Waals surface area (Å²) in [5, 5.41) is 3.85. The highest BCUT2D eigenvalue weighted by atomic mass is 16.5. The van der Waals surface area contributed by atoms with Crippen LogP contribution < -0.4 is 5.32 Å². The van der Waals surface area contributed by atoms with E-state index in [2.05, 4.69) is 42.6 Å². The summed E-state index contributed by atoms with van der Waals surface area (Å²) in [5.41, 5.74) is 1.50. The molecule has 2 fully saturated rings. The van der Waals surface area contributed by atoms with Crippen molar-refractivity contribution in [3.05, 3.63) is 35.9 Å². The van der Waals surface area contributed by atoms with Gasteiger partial charge in [-0.3, -0.25) is 0 Å². The third-order valence-corrected chi connectivity index (χ3v) is 4.45. The second kappa shape index (κ2) is 6.06. The second-order valence-electron chi connectivity index (χ2n) is 6.03. The zero-order chi connectivity index (χ0) is 13.1. The summed E-state index contributed by atoms with van der Waals surface area (Å²) in [5.74, 6) is 0.744. The van der Waals surface area contributed by atoms with E-state index in [0.717, 1.165) is 12.5 Å². The molecule has 1 saturated carbocycles. The SMILES string of the molecule is CCCC1CC(NC2CC2c2ccccc2)CCO1. The van der Waals surface area contributed by atoms with E-state index in [9.17, 15) is 0 Å². The number of rotatable bonds is 5. The highest BCUT2D eigenvalue weighted by Crippen LogP contribution is 2.41. The van der Waals surface area contributed by atoms with E-state index < -0.39 is 0 Å². The maximum absolute atomic E-state index is 5.82. The van der Waals surface area contributed by atoms with Crippen molar-refractivity contribution in [2.75, 3.05) is 6.61 Å². The lowest BCUT2D eigenvalue weighted by Gasteiger charge is -2.30. The molecule has 0 bridgehead atoms. The van der Waals surface area contributed by atoms with Crippen molar-refractivity contribution in [1.82, 2.24) is 5.32 Å². The molecular formula is C17H25NO. The van der Waals surface area contributed by atoms with Gasteiger partial charge in [0.15, 0.2) is 0 Å². The van der Waals surface area contributed by atoms with Gasteiger partial charge in [0.2, 0.25) is 0 Å². The third-order valence-electron chi connectivity index (χ3n) is 4.45. The smallest absolute Gasteiger partial charge is 0.0589 e. The molecule has 1 aromatic rings. The molecule has 3 rings (SSSR count). The van der Waals surface area contributed by atoms with E-state index in [1.165, 1.54) is 37.7 Å².